The van der Waals surface area contributed by atoms with Crippen LogP contribution in [0.5, 0.6) is 0 Å². The summed E-state index contributed by atoms with van der Waals surface area (Å²) >= 11 is 0. The Labute approximate surface area is 95.8 Å². The summed E-state index contributed by atoms with van der Waals surface area (Å²) in [5.41, 5.74) is 1.72. The zero-order valence-electron chi connectivity index (χ0n) is 9.99. The van der Waals surface area contributed by atoms with Crippen LogP contribution in [0.1, 0.15) is 32.3 Å². The molecule has 4 nitrogen and oxygen atoms in total. The third-order valence-electron chi connectivity index (χ3n) is 2.56. The molecule has 0 aliphatic rings. The van der Waals surface area contributed by atoms with Crippen LogP contribution in [0, 0.1) is 17.0 Å². The van der Waals surface area contributed by atoms with Gasteiger partial charge in [-0.1, -0.05) is 25.5 Å². The molecule has 0 fully saturated rings. The van der Waals surface area contributed by atoms with E-state index in [9.17, 15) is 10.1 Å². The first-order valence-electron chi connectivity index (χ1n) is 5.56. The zero-order valence-corrected chi connectivity index (χ0v) is 9.99. The molecule has 1 atom stereocenters. The van der Waals surface area contributed by atoms with E-state index in [1.54, 1.807) is 6.07 Å². The van der Waals surface area contributed by atoms with Gasteiger partial charge in [0.15, 0.2) is 0 Å². The van der Waals surface area contributed by atoms with Crippen LogP contribution in [0.3, 0.4) is 0 Å². The summed E-state index contributed by atoms with van der Waals surface area (Å²) in [6.45, 7) is 6.03. The summed E-state index contributed by atoms with van der Waals surface area (Å²) in [6.07, 6.45) is 2.07. The van der Waals surface area contributed by atoms with Crippen molar-refractivity contribution in [1.82, 2.24) is 0 Å². The smallest absolute Gasteiger partial charge is 0.292 e. The number of nitrogens with zero attached hydrogens (tertiary/aromatic N) is 1. The molecule has 88 valence electrons. The lowest BCUT2D eigenvalue weighted by atomic mass is 10.1. The standard InChI is InChI=1S/C12H18N2O2/c1-4-6-10(3)13-12-9(2)7-5-8-11(12)14(15)16/h5,7-8,10,13H,4,6H2,1-3H3. The van der Waals surface area contributed by atoms with Crippen LogP contribution in [-0.4, -0.2) is 11.0 Å². The van der Waals surface area contributed by atoms with Gasteiger partial charge in [0.1, 0.15) is 5.69 Å². The quantitative estimate of drug-likeness (QED) is 0.612. The van der Waals surface area contributed by atoms with E-state index in [-0.39, 0.29) is 16.7 Å². The summed E-state index contributed by atoms with van der Waals surface area (Å²) in [5.74, 6) is 0. The monoisotopic (exact) mass is 222 g/mol. The Morgan fingerprint density at radius 2 is 2.19 bits per heavy atom. The fraction of sp³-hybridized carbons (Fsp3) is 0.500. The number of nitrogens with one attached hydrogen (secondary N) is 1. The number of anilines is 1. The molecule has 0 amide bonds. The van der Waals surface area contributed by atoms with Crippen LogP contribution < -0.4 is 5.32 Å². The van der Waals surface area contributed by atoms with Crippen molar-refractivity contribution in [2.24, 2.45) is 0 Å². The number of nitro groups is 1. The van der Waals surface area contributed by atoms with Gasteiger partial charge < -0.3 is 5.32 Å². The third kappa shape index (κ3) is 2.95. The van der Waals surface area contributed by atoms with Gasteiger partial charge in [0.25, 0.3) is 5.69 Å². The van der Waals surface area contributed by atoms with Crippen LogP contribution in [0.15, 0.2) is 18.2 Å². The van der Waals surface area contributed by atoms with Crippen LogP contribution in [0.4, 0.5) is 11.4 Å². The maximum Gasteiger partial charge on any atom is 0.292 e. The summed E-state index contributed by atoms with van der Waals surface area (Å²) in [5, 5.41) is 14.1. The van der Waals surface area contributed by atoms with Crippen molar-refractivity contribution < 1.29 is 4.92 Å². The Morgan fingerprint density at radius 1 is 1.50 bits per heavy atom. The SMILES string of the molecule is CCCC(C)Nc1c(C)cccc1[N+](=O)[O-]. The van der Waals surface area contributed by atoms with Crippen LogP contribution in [0.25, 0.3) is 0 Å². The van der Waals surface area contributed by atoms with Gasteiger partial charge >= 0.3 is 0 Å². The maximum atomic E-state index is 10.9. The van der Waals surface area contributed by atoms with Crippen LogP contribution in [0.2, 0.25) is 0 Å². The average Bonchev–Trinajstić information content (AvgIpc) is 2.21. The molecule has 1 unspecified atom stereocenters. The minimum absolute atomic E-state index is 0.156. The maximum absolute atomic E-state index is 10.9. The third-order valence-corrected chi connectivity index (χ3v) is 2.56. The number of hydrogen-bond acceptors (Lipinski definition) is 3. The normalized spacial score (nSPS) is 12.2. The van der Waals surface area contributed by atoms with Gasteiger partial charge in [-0.05, 0) is 25.8 Å². The fourth-order valence-electron chi connectivity index (χ4n) is 1.74. The summed E-state index contributed by atoms with van der Waals surface area (Å²) in [7, 11) is 0. The van der Waals surface area contributed by atoms with E-state index in [1.807, 2.05) is 19.9 Å². The van der Waals surface area contributed by atoms with E-state index < -0.39 is 0 Å². The molecular weight excluding hydrogens is 204 g/mol. The van der Waals surface area contributed by atoms with E-state index >= 15 is 0 Å². The molecule has 16 heavy (non-hydrogen) atoms. The van der Waals surface area contributed by atoms with Crippen LogP contribution in [-0.2, 0) is 0 Å². The van der Waals surface area contributed by atoms with Crippen molar-refractivity contribution in [3.8, 4) is 0 Å². The average molecular weight is 222 g/mol. The van der Waals surface area contributed by atoms with Gasteiger partial charge in [-0.3, -0.25) is 10.1 Å². The van der Waals surface area contributed by atoms with Gasteiger partial charge in [0.2, 0.25) is 0 Å². The second-order valence-electron chi connectivity index (χ2n) is 4.06. The lowest BCUT2D eigenvalue weighted by Gasteiger charge is -2.16. The van der Waals surface area contributed by atoms with E-state index in [0.717, 1.165) is 18.4 Å². The van der Waals surface area contributed by atoms with Crippen molar-refractivity contribution in [3.63, 3.8) is 0 Å². The topological polar surface area (TPSA) is 55.2 Å². The molecule has 0 aliphatic heterocycles. The number of nitro benzene ring substituents is 1. The van der Waals surface area contributed by atoms with Gasteiger partial charge in [-0.2, -0.15) is 0 Å². The largest absolute Gasteiger partial charge is 0.377 e. The second-order valence-corrected chi connectivity index (χ2v) is 4.06. The molecule has 4 heteroatoms. The molecule has 0 saturated heterocycles. The Bertz CT molecular complexity index is 377. The van der Waals surface area contributed by atoms with Crippen molar-refractivity contribution in [2.45, 2.75) is 39.7 Å². The van der Waals surface area contributed by atoms with Gasteiger partial charge in [-0.15, -0.1) is 0 Å². The Hall–Kier alpha value is -1.58. The lowest BCUT2D eigenvalue weighted by molar-refractivity contribution is -0.384. The second kappa shape index (κ2) is 5.49. The van der Waals surface area contributed by atoms with E-state index in [1.165, 1.54) is 6.07 Å². The minimum atomic E-state index is -0.339. The summed E-state index contributed by atoms with van der Waals surface area (Å²) in [6, 6.07) is 5.38. The molecule has 0 saturated carbocycles. The van der Waals surface area contributed by atoms with Crippen molar-refractivity contribution >= 4 is 11.4 Å². The summed E-state index contributed by atoms with van der Waals surface area (Å²) < 4.78 is 0. The van der Waals surface area contributed by atoms with Crippen LogP contribution >= 0.6 is 0 Å². The Kier molecular flexibility index (Phi) is 4.28. The first kappa shape index (κ1) is 12.5. The molecule has 0 aliphatic carbocycles. The molecule has 1 aromatic rings. The molecule has 0 radical (unpaired) electrons. The van der Waals surface area contributed by atoms with Gasteiger partial charge in [0, 0.05) is 12.1 Å². The predicted octanol–water partition coefficient (Wildman–Crippen LogP) is 3.50. The van der Waals surface area contributed by atoms with Crippen molar-refractivity contribution in [2.75, 3.05) is 5.32 Å². The fourth-order valence-corrected chi connectivity index (χ4v) is 1.74. The Balaban J connectivity index is 2.97. The summed E-state index contributed by atoms with van der Waals surface area (Å²) in [4.78, 5) is 10.5. The van der Waals surface area contributed by atoms with Gasteiger partial charge in [-0.25, -0.2) is 0 Å². The zero-order chi connectivity index (χ0) is 12.1. The number of aryl methyl sites for hydroxylation is 1. The molecular formula is C12H18N2O2. The van der Waals surface area contributed by atoms with E-state index in [0.29, 0.717) is 5.69 Å². The lowest BCUT2D eigenvalue weighted by Crippen LogP contribution is -2.16. The van der Waals surface area contributed by atoms with Gasteiger partial charge in [0.05, 0.1) is 4.92 Å². The molecule has 0 bridgehead atoms. The minimum Gasteiger partial charge on any atom is -0.377 e. The molecule has 0 heterocycles. The first-order chi connectivity index (χ1) is 7.56. The van der Waals surface area contributed by atoms with E-state index in [4.69, 9.17) is 0 Å². The number of hydrogen-bond donors (Lipinski definition) is 1. The number of benzene rings is 1. The number of rotatable bonds is 5. The highest BCUT2D eigenvalue weighted by Gasteiger charge is 2.16. The molecule has 0 spiro atoms. The number of para-hydroxylation sites is 1. The highest BCUT2D eigenvalue weighted by Crippen LogP contribution is 2.28. The molecule has 0 aromatic heterocycles. The first-order valence-corrected chi connectivity index (χ1v) is 5.56. The Morgan fingerprint density at radius 3 is 2.75 bits per heavy atom. The van der Waals surface area contributed by atoms with Crippen molar-refractivity contribution in [3.05, 3.63) is 33.9 Å². The molecule has 1 aromatic carbocycles. The predicted molar refractivity (Wildman–Crippen MR) is 65.8 cm³/mol. The van der Waals surface area contributed by atoms with E-state index in [2.05, 4.69) is 12.2 Å². The molecule has 1 rings (SSSR count). The highest BCUT2D eigenvalue weighted by atomic mass is 16.6. The van der Waals surface area contributed by atoms with Crippen molar-refractivity contribution in [1.29, 1.82) is 0 Å². The molecule has 1 N–H and O–H groups in total. The highest BCUT2D eigenvalue weighted by molar-refractivity contribution is 5.66.